The Hall–Kier alpha value is -1.42. The number of hydrogen-bond acceptors (Lipinski definition) is 4. The van der Waals surface area contributed by atoms with E-state index in [9.17, 15) is 4.79 Å². The van der Waals surface area contributed by atoms with Crippen LogP contribution in [0.2, 0.25) is 0 Å². The third-order valence-electron chi connectivity index (χ3n) is 2.25. The molecule has 1 rings (SSSR count). The second kappa shape index (κ2) is 5.46. The van der Waals surface area contributed by atoms with Gasteiger partial charge in [0.25, 0.3) is 0 Å². The molecule has 0 aliphatic carbocycles. The van der Waals surface area contributed by atoms with Gasteiger partial charge >= 0.3 is 5.97 Å². The molecule has 0 saturated carbocycles. The van der Waals surface area contributed by atoms with Crippen molar-refractivity contribution in [2.75, 3.05) is 7.11 Å². The number of ether oxygens (including phenoxy) is 1. The van der Waals surface area contributed by atoms with E-state index in [0.717, 1.165) is 11.3 Å². The molecule has 1 atom stereocenters. The average Bonchev–Trinajstić information content (AvgIpc) is 2.26. The maximum atomic E-state index is 10.9. The minimum absolute atomic E-state index is 0.155. The zero-order chi connectivity index (χ0) is 11.3. The van der Waals surface area contributed by atoms with Crippen molar-refractivity contribution in [3.8, 4) is 0 Å². The van der Waals surface area contributed by atoms with Gasteiger partial charge in [-0.3, -0.25) is 9.78 Å². The van der Waals surface area contributed by atoms with Crippen LogP contribution in [0.3, 0.4) is 0 Å². The fourth-order valence-electron chi connectivity index (χ4n) is 1.24. The zero-order valence-corrected chi connectivity index (χ0v) is 9.06. The van der Waals surface area contributed by atoms with Gasteiger partial charge in [-0.15, -0.1) is 0 Å². The Morgan fingerprint density at radius 1 is 1.60 bits per heavy atom. The van der Waals surface area contributed by atoms with Crippen LogP contribution in [0.4, 0.5) is 0 Å². The molecule has 15 heavy (non-hydrogen) atoms. The summed E-state index contributed by atoms with van der Waals surface area (Å²) < 4.78 is 4.55. The molecule has 0 saturated heterocycles. The van der Waals surface area contributed by atoms with E-state index >= 15 is 0 Å². The minimum atomic E-state index is -0.231. The van der Waals surface area contributed by atoms with Gasteiger partial charge in [0.15, 0.2) is 0 Å². The summed E-state index contributed by atoms with van der Waals surface area (Å²) in [7, 11) is 1.38. The van der Waals surface area contributed by atoms with Crippen LogP contribution >= 0.6 is 0 Å². The lowest BCUT2D eigenvalue weighted by atomic mass is 10.0. The van der Waals surface area contributed by atoms with Gasteiger partial charge in [-0.1, -0.05) is 6.07 Å². The number of carbonyl (C=O) groups is 1. The van der Waals surface area contributed by atoms with Crippen molar-refractivity contribution < 1.29 is 9.53 Å². The van der Waals surface area contributed by atoms with E-state index < -0.39 is 0 Å². The number of esters is 1. The standard InChI is InChI=1S/C11H16N2O2/c1-8-3-4-9(7-13-8)10(12)5-6-11(14)15-2/h3-4,7,10H,5-6,12H2,1-2H3. The molecular weight excluding hydrogens is 192 g/mol. The average molecular weight is 208 g/mol. The SMILES string of the molecule is COC(=O)CCC(N)c1ccc(C)nc1. The highest BCUT2D eigenvalue weighted by atomic mass is 16.5. The van der Waals surface area contributed by atoms with Gasteiger partial charge in [0.2, 0.25) is 0 Å². The molecule has 0 aliphatic rings. The highest BCUT2D eigenvalue weighted by Crippen LogP contribution is 2.15. The van der Waals surface area contributed by atoms with Crippen LogP contribution in [0.5, 0.6) is 0 Å². The van der Waals surface area contributed by atoms with Crippen molar-refractivity contribution in [3.05, 3.63) is 29.6 Å². The Morgan fingerprint density at radius 2 is 2.33 bits per heavy atom. The van der Waals surface area contributed by atoms with E-state index in [1.54, 1.807) is 6.20 Å². The highest BCUT2D eigenvalue weighted by Gasteiger charge is 2.09. The fraction of sp³-hybridized carbons (Fsp3) is 0.455. The van der Waals surface area contributed by atoms with Gasteiger partial charge in [0, 0.05) is 24.4 Å². The Kier molecular flexibility index (Phi) is 4.24. The molecule has 0 spiro atoms. The highest BCUT2D eigenvalue weighted by molar-refractivity contribution is 5.69. The maximum absolute atomic E-state index is 10.9. The molecule has 0 bridgehead atoms. The van der Waals surface area contributed by atoms with Crippen molar-refractivity contribution in [3.63, 3.8) is 0 Å². The molecular formula is C11H16N2O2. The zero-order valence-electron chi connectivity index (χ0n) is 9.06. The first-order valence-corrected chi connectivity index (χ1v) is 4.88. The number of rotatable bonds is 4. The van der Waals surface area contributed by atoms with Crippen LogP contribution in [0.15, 0.2) is 18.3 Å². The Labute approximate surface area is 89.5 Å². The molecule has 2 N–H and O–H groups in total. The van der Waals surface area contributed by atoms with E-state index in [4.69, 9.17) is 5.73 Å². The lowest BCUT2D eigenvalue weighted by Crippen LogP contribution is -2.13. The molecule has 1 aromatic rings. The van der Waals surface area contributed by atoms with Crippen molar-refractivity contribution >= 4 is 5.97 Å². The smallest absolute Gasteiger partial charge is 0.305 e. The van der Waals surface area contributed by atoms with Crippen molar-refractivity contribution in [2.45, 2.75) is 25.8 Å². The third kappa shape index (κ3) is 3.67. The van der Waals surface area contributed by atoms with E-state index in [0.29, 0.717) is 12.8 Å². The predicted molar refractivity (Wildman–Crippen MR) is 57.2 cm³/mol. The Morgan fingerprint density at radius 3 is 2.87 bits per heavy atom. The predicted octanol–water partition coefficient (Wildman–Crippen LogP) is 1.34. The summed E-state index contributed by atoms with van der Waals surface area (Å²) in [6.07, 6.45) is 2.67. The van der Waals surface area contributed by atoms with Crippen molar-refractivity contribution in [1.29, 1.82) is 0 Å². The van der Waals surface area contributed by atoms with Gasteiger partial charge in [-0.2, -0.15) is 0 Å². The molecule has 1 heterocycles. The first kappa shape index (κ1) is 11.7. The molecule has 1 aromatic heterocycles. The summed E-state index contributed by atoms with van der Waals surface area (Å²) in [5.41, 5.74) is 7.81. The van der Waals surface area contributed by atoms with Crippen LogP contribution in [0, 0.1) is 6.92 Å². The normalized spacial score (nSPS) is 12.2. The van der Waals surface area contributed by atoms with Crippen LogP contribution in [-0.4, -0.2) is 18.1 Å². The summed E-state index contributed by atoms with van der Waals surface area (Å²) in [4.78, 5) is 15.1. The first-order valence-electron chi connectivity index (χ1n) is 4.88. The number of nitrogens with zero attached hydrogens (tertiary/aromatic N) is 1. The first-order chi connectivity index (χ1) is 7.13. The van der Waals surface area contributed by atoms with Gasteiger partial charge in [-0.05, 0) is 25.0 Å². The molecule has 4 nitrogen and oxygen atoms in total. The quantitative estimate of drug-likeness (QED) is 0.758. The molecule has 4 heteroatoms. The molecule has 0 amide bonds. The van der Waals surface area contributed by atoms with Gasteiger partial charge < -0.3 is 10.5 Å². The Balaban J connectivity index is 2.50. The van der Waals surface area contributed by atoms with Crippen LogP contribution in [0.25, 0.3) is 0 Å². The summed E-state index contributed by atoms with van der Waals surface area (Å²) >= 11 is 0. The summed E-state index contributed by atoms with van der Waals surface area (Å²) in [6, 6.07) is 3.69. The summed E-state index contributed by atoms with van der Waals surface area (Å²) in [5.74, 6) is -0.231. The topological polar surface area (TPSA) is 65.2 Å². The van der Waals surface area contributed by atoms with Gasteiger partial charge in [-0.25, -0.2) is 0 Å². The Bertz CT molecular complexity index is 322. The number of pyridine rings is 1. The van der Waals surface area contributed by atoms with Crippen molar-refractivity contribution in [1.82, 2.24) is 4.98 Å². The van der Waals surface area contributed by atoms with Crippen LogP contribution < -0.4 is 5.73 Å². The number of aromatic nitrogens is 1. The summed E-state index contributed by atoms with van der Waals surface area (Å²) in [6.45, 7) is 1.92. The van der Waals surface area contributed by atoms with E-state index in [1.165, 1.54) is 7.11 Å². The largest absolute Gasteiger partial charge is 0.469 e. The monoisotopic (exact) mass is 208 g/mol. The lowest BCUT2D eigenvalue weighted by molar-refractivity contribution is -0.140. The van der Waals surface area contributed by atoms with Crippen molar-refractivity contribution in [2.24, 2.45) is 5.73 Å². The number of nitrogens with two attached hydrogens (primary N) is 1. The second-order valence-corrected chi connectivity index (χ2v) is 3.45. The lowest BCUT2D eigenvalue weighted by Gasteiger charge is -2.10. The molecule has 0 aliphatic heterocycles. The number of methoxy groups -OCH3 is 1. The molecule has 1 unspecified atom stereocenters. The van der Waals surface area contributed by atoms with E-state index in [2.05, 4.69) is 9.72 Å². The minimum Gasteiger partial charge on any atom is -0.469 e. The van der Waals surface area contributed by atoms with Gasteiger partial charge in [0.05, 0.1) is 7.11 Å². The van der Waals surface area contributed by atoms with Gasteiger partial charge in [0.1, 0.15) is 0 Å². The molecule has 0 aromatic carbocycles. The number of aryl methyl sites for hydroxylation is 1. The number of carbonyl (C=O) groups excluding carboxylic acids is 1. The maximum Gasteiger partial charge on any atom is 0.305 e. The molecule has 0 radical (unpaired) electrons. The number of hydrogen-bond donors (Lipinski definition) is 1. The third-order valence-corrected chi connectivity index (χ3v) is 2.25. The van der Waals surface area contributed by atoms with E-state index in [-0.39, 0.29) is 12.0 Å². The molecule has 0 fully saturated rings. The van der Waals surface area contributed by atoms with E-state index in [1.807, 2.05) is 19.1 Å². The fourth-order valence-corrected chi connectivity index (χ4v) is 1.24. The summed E-state index contributed by atoms with van der Waals surface area (Å²) in [5, 5.41) is 0. The van der Waals surface area contributed by atoms with Crippen LogP contribution in [-0.2, 0) is 9.53 Å². The molecule has 82 valence electrons. The second-order valence-electron chi connectivity index (χ2n) is 3.45. The van der Waals surface area contributed by atoms with Crippen LogP contribution in [0.1, 0.15) is 30.1 Å².